The van der Waals surface area contributed by atoms with Crippen LogP contribution >= 0.6 is 0 Å². The molecule has 0 bridgehead atoms. The van der Waals surface area contributed by atoms with Gasteiger partial charge in [0.25, 0.3) is 0 Å². The first-order valence-electron chi connectivity index (χ1n) is 11.8. The molecule has 4 nitrogen and oxygen atoms in total. The van der Waals surface area contributed by atoms with E-state index >= 15 is 0 Å². The van der Waals surface area contributed by atoms with Crippen LogP contribution < -0.4 is 9.47 Å². The molecule has 0 unspecified atom stereocenters. The quantitative estimate of drug-likeness (QED) is 0.517. The van der Waals surface area contributed by atoms with Crippen LogP contribution in [0.3, 0.4) is 0 Å². The van der Waals surface area contributed by atoms with Gasteiger partial charge in [0.15, 0.2) is 11.5 Å². The van der Waals surface area contributed by atoms with Crippen LogP contribution in [-0.4, -0.2) is 28.7 Å². The van der Waals surface area contributed by atoms with Gasteiger partial charge in [0.2, 0.25) is 0 Å². The molecule has 0 spiro atoms. The number of rotatable bonds is 6. The van der Waals surface area contributed by atoms with Gasteiger partial charge in [-0.15, -0.1) is 0 Å². The molecule has 2 aliphatic rings. The van der Waals surface area contributed by atoms with Gasteiger partial charge in [-0.2, -0.15) is 0 Å². The lowest BCUT2D eigenvalue weighted by molar-refractivity contribution is 0.000925. The number of fused-ring (bicyclic) bond motifs is 3. The Labute approximate surface area is 198 Å². The summed E-state index contributed by atoms with van der Waals surface area (Å²) in [5, 5.41) is 10.4. The summed E-state index contributed by atoms with van der Waals surface area (Å²) >= 11 is 0. The Morgan fingerprint density at radius 1 is 0.882 bits per heavy atom. The van der Waals surface area contributed by atoms with Gasteiger partial charge in [-0.05, 0) is 84.8 Å². The Kier molecular flexibility index (Phi) is 6.53. The number of benzene rings is 3. The van der Waals surface area contributed by atoms with Crippen molar-refractivity contribution in [2.75, 3.05) is 6.54 Å². The van der Waals surface area contributed by atoms with Crippen molar-refractivity contribution in [3.05, 3.63) is 94.6 Å². The average Bonchev–Trinajstić information content (AvgIpc) is 2.81. The van der Waals surface area contributed by atoms with E-state index in [-0.39, 0.29) is 37.0 Å². The second-order valence-electron chi connectivity index (χ2n) is 9.31. The normalized spacial score (nSPS) is 22.1. The molecular weight excluding hydrogens is 436 g/mol. The standard InChI is InChI=1S/C28H29F2NO3/c1-18-10-24(32)14-26-25-15-28(34-17-20-5-3-7-23(30)12-20)27(13-21(25)8-9-31(18)26)33-16-19-4-2-6-22(29)11-19/h2-7,11-13,15,18,24,26,32H,8-10,14,16-17H2,1H3/t18-,24+,26+/m1/s1. The minimum atomic E-state index is -0.331. The van der Waals surface area contributed by atoms with Crippen LogP contribution in [0.1, 0.15) is 48.1 Å². The fraction of sp³-hybridized carbons (Fsp3) is 0.357. The molecule has 2 aliphatic heterocycles. The zero-order chi connectivity index (χ0) is 23.7. The summed E-state index contributed by atoms with van der Waals surface area (Å²) in [5.41, 5.74) is 3.76. The zero-order valence-corrected chi connectivity index (χ0v) is 19.2. The van der Waals surface area contributed by atoms with E-state index in [9.17, 15) is 13.9 Å². The first-order chi connectivity index (χ1) is 16.5. The fourth-order valence-corrected chi connectivity index (χ4v) is 5.20. The molecule has 34 heavy (non-hydrogen) atoms. The Morgan fingerprint density at radius 3 is 2.12 bits per heavy atom. The van der Waals surface area contributed by atoms with E-state index in [1.54, 1.807) is 12.1 Å². The highest BCUT2D eigenvalue weighted by atomic mass is 19.1. The van der Waals surface area contributed by atoms with Crippen LogP contribution in [0.4, 0.5) is 8.78 Å². The molecule has 1 N–H and O–H groups in total. The summed E-state index contributed by atoms with van der Waals surface area (Å²) in [6, 6.07) is 17.1. The SMILES string of the molecule is C[C@@H]1C[C@H](O)C[C@H]2c3cc(OCc4cccc(F)c4)c(OCc4cccc(F)c4)cc3CCN12. The average molecular weight is 466 g/mol. The summed E-state index contributed by atoms with van der Waals surface area (Å²) in [6.07, 6.45) is 2.02. The van der Waals surface area contributed by atoms with Gasteiger partial charge in [-0.3, -0.25) is 4.90 Å². The summed E-state index contributed by atoms with van der Waals surface area (Å²) in [6.45, 7) is 3.50. The molecule has 0 radical (unpaired) electrons. The van der Waals surface area contributed by atoms with Crippen molar-refractivity contribution in [2.45, 2.75) is 57.6 Å². The predicted octanol–water partition coefficient (Wildman–Crippen LogP) is 5.57. The van der Waals surface area contributed by atoms with Crippen LogP contribution in [0.15, 0.2) is 60.7 Å². The minimum absolute atomic E-state index is 0.122. The monoisotopic (exact) mass is 465 g/mol. The summed E-state index contributed by atoms with van der Waals surface area (Å²) in [7, 11) is 0. The van der Waals surface area contributed by atoms with Crippen molar-refractivity contribution < 1.29 is 23.4 Å². The number of hydrogen-bond donors (Lipinski definition) is 1. The Hall–Kier alpha value is -2.96. The molecule has 0 saturated carbocycles. The number of piperidine rings is 1. The van der Waals surface area contributed by atoms with Crippen molar-refractivity contribution in [1.29, 1.82) is 0 Å². The topological polar surface area (TPSA) is 41.9 Å². The predicted molar refractivity (Wildman–Crippen MR) is 126 cm³/mol. The first-order valence-corrected chi connectivity index (χ1v) is 11.8. The molecule has 3 aromatic rings. The molecule has 0 aliphatic carbocycles. The number of aliphatic hydroxyl groups excluding tert-OH is 1. The van der Waals surface area contributed by atoms with E-state index in [0.29, 0.717) is 24.0 Å². The highest BCUT2D eigenvalue weighted by molar-refractivity contribution is 5.50. The van der Waals surface area contributed by atoms with Crippen molar-refractivity contribution in [3.8, 4) is 11.5 Å². The van der Waals surface area contributed by atoms with Crippen molar-refractivity contribution in [2.24, 2.45) is 0 Å². The van der Waals surface area contributed by atoms with E-state index in [0.717, 1.165) is 36.1 Å². The first kappa shape index (κ1) is 22.8. The molecule has 3 atom stereocenters. The molecule has 1 fully saturated rings. The molecule has 3 aromatic carbocycles. The Balaban J connectivity index is 1.45. The van der Waals surface area contributed by atoms with Crippen molar-refractivity contribution in [3.63, 3.8) is 0 Å². The maximum Gasteiger partial charge on any atom is 0.162 e. The molecular formula is C28H29F2NO3. The van der Waals surface area contributed by atoms with E-state index in [4.69, 9.17) is 9.47 Å². The fourth-order valence-electron chi connectivity index (χ4n) is 5.20. The van der Waals surface area contributed by atoms with Gasteiger partial charge in [0, 0.05) is 18.6 Å². The van der Waals surface area contributed by atoms with Crippen LogP contribution in [0.2, 0.25) is 0 Å². The lowest BCUT2D eigenvalue weighted by atomic mass is 9.83. The zero-order valence-electron chi connectivity index (χ0n) is 19.2. The third-order valence-corrected chi connectivity index (χ3v) is 6.85. The lowest BCUT2D eigenvalue weighted by Crippen LogP contribution is -2.48. The third-order valence-electron chi connectivity index (χ3n) is 6.85. The second-order valence-corrected chi connectivity index (χ2v) is 9.31. The van der Waals surface area contributed by atoms with E-state index in [2.05, 4.69) is 11.8 Å². The number of hydrogen-bond acceptors (Lipinski definition) is 4. The molecule has 0 aromatic heterocycles. The molecule has 178 valence electrons. The third kappa shape index (κ3) is 4.93. The molecule has 1 saturated heterocycles. The summed E-state index contributed by atoms with van der Waals surface area (Å²) in [5.74, 6) is 0.528. The van der Waals surface area contributed by atoms with Crippen LogP contribution in [0.5, 0.6) is 11.5 Å². The number of aliphatic hydroxyl groups is 1. The van der Waals surface area contributed by atoms with Gasteiger partial charge < -0.3 is 14.6 Å². The number of halogens is 2. The summed E-state index contributed by atoms with van der Waals surface area (Å²) < 4.78 is 39.5. The van der Waals surface area contributed by atoms with Gasteiger partial charge in [0.1, 0.15) is 24.8 Å². The number of ether oxygens (including phenoxy) is 2. The van der Waals surface area contributed by atoms with Gasteiger partial charge in [0.05, 0.1) is 6.10 Å². The van der Waals surface area contributed by atoms with Gasteiger partial charge in [-0.1, -0.05) is 24.3 Å². The van der Waals surface area contributed by atoms with Gasteiger partial charge in [-0.25, -0.2) is 8.78 Å². The molecule has 2 heterocycles. The lowest BCUT2D eigenvalue weighted by Gasteiger charge is -2.46. The van der Waals surface area contributed by atoms with E-state index < -0.39 is 0 Å². The smallest absolute Gasteiger partial charge is 0.162 e. The van der Waals surface area contributed by atoms with Crippen LogP contribution in [0.25, 0.3) is 0 Å². The van der Waals surface area contributed by atoms with E-state index in [1.807, 2.05) is 24.3 Å². The number of nitrogens with zero attached hydrogens (tertiary/aromatic N) is 1. The second kappa shape index (κ2) is 9.72. The molecule has 5 rings (SSSR count). The van der Waals surface area contributed by atoms with E-state index in [1.165, 1.54) is 29.8 Å². The highest BCUT2D eigenvalue weighted by Crippen LogP contribution is 2.43. The largest absolute Gasteiger partial charge is 0.485 e. The van der Waals surface area contributed by atoms with Crippen LogP contribution in [-0.2, 0) is 19.6 Å². The minimum Gasteiger partial charge on any atom is -0.485 e. The molecule has 0 amide bonds. The maximum atomic E-state index is 13.7. The molecule has 6 heteroatoms. The highest BCUT2D eigenvalue weighted by Gasteiger charge is 2.37. The summed E-state index contributed by atoms with van der Waals surface area (Å²) in [4.78, 5) is 2.46. The Morgan fingerprint density at radius 2 is 1.50 bits per heavy atom. The van der Waals surface area contributed by atoms with Crippen molar-refractivity contribution >= 4 is 0 Å². The van der Waals surface area contributed by atoms with Crippen LogP contribution in [0, 0.1) is 11.6 Å². The maximum absolute atomic E-state index is 13.7. The van der Waals surface area contributed by atoms with Crippen molar-refractivity contribution in [1.82, 2.24) is 4.90 Å². The Bertz CT molecular complexity index is 1170. The van der Waals surface area contributed by atoms with Gasteiger partial charge >= 0.3 is 0 Å².